The zero-order valence-corrected chi connectivity index (χ0v) is 10.9. The van der Waals surface area contributed by atoms with E-state index in [0.717, 1.165) is 18.8 Å². The lowest BCUT2D eigenvalue weighted by Gasteiger charge is -2.21. The summed E-state index contributed by atoms with van der Waals surface area (Å²) in [5, 5.41) is 7.61. The fourth-order valence-corrected chi connectivity index (χ4v) is 1.96. The van der Waals surface area contributed by atoms with Crippen LogP contribution in [0.4, 0.5) is 0 Å². The Bertz CT molecular complexity index is 293. The predicted octanol–water partition coefficient (Wildman–Crippen LogP) is 1.77. The lowest BCUT2D eigenvalue weighted by molar-refractivity contribution is 0.375. The van der Waals surface area contributed by atoms with Gasteiger partial charge in [-0.25, -0.2) is 4.98 Å². The molecule has 16 heavy (non-hydrogen) atoms. The average Bonchev–Trinajstić information content (AvgIpc) is 2.63. The predicted molar refractivity (Wildman–Crippen MR) is 66.2 cm³/mol. The summed E-state index contributed by atoms with van der Waals surface area (Å²) in [5.41, 5.74) is 0. The third-order valence-corrected chi connectivity index (χ3v) is 2.99. The minimum Gasteiger partial charge on any atom is -0.314 e. The Balaban J connectivity index is 2.30. The van der Waals surface area contributed by atoms with Crippen molar-refractivity contribution >= 4 is 0 Å². The van der Waals surface area contributed by atoms with E-state index in [1.807, 2.05) is 11.7 Å². The van der Waals surface area contributed by atoms with E-state index in [-0.39, 0.29) is 0 Å². The van der Waals surface area contributed by atoms with Gasteiger partial charge in [0.15, 0.2) is 0 Å². The van der Waals surface area contributed by atoms with E-state index in [0.29, 0.717) is 12.0 Å². The Morgan fingerprint density at radius 1 is 1.44 bits per heavy atom. The van der Waals surface area contributed by atoms with Crippen molar-refractivity contribution in [1.29, 1.82) is 0 Å². The molecule has 0 spiro atoms. The molecule has 4 nitrogen and oxygen atoms in total. The lowest BCUT2D eigenvalue weighted by Crippen LogP contribution is -2.33. The molecule has 1 N–H and O–H groups in total. The summed E-state index contributed by atoms with van der Waals surface area (Å²) >= 11 is 0. The van der Waals surface area contributed by atoms with Crippen LogP contribution in [0, 0.1) is 5.92 Å². The maximum atomic E-state index is 4.23. The van der Waals surface area contributed by atoms with Crippen LogP contribution in [0.1, 0.15) is 39.4 Å². The highest BCUT2D eigenvalue weighted by molar-refractivity contribution is 4.84. The smallest absolute Gasteiger partial charge is 0.138 e. The molecule has 0 aliphatic carbocycles. The molecule has 1 rings (SSSR count). The molecular formula is C12H24N4. The van der Waals surface area contributed by atoms with Crippen LogP contribution < -0.4 is 5.32 Å². The molecule has 1 heterocycles. The Labute approximate surface area is 98.5 Å². The highest BCUT2D eigenvalue weighted by atomic mass is 15.3. The zero-order valence-electron chi connectivity index (χ0n) is 10.9. The minimum atomic E-state index is 0.623. The number of aryl methyl sites for hydroxylation is 2. The topological polar surface area (TPSA) is 42.7 Å². The molecule has 1 unspecified atom stereocenters. The second kappa shape index (κ2) is 6.63. The van der Waals surface area contributed by atoms with Crippen LogP contribution >= 0.6 is 0 Å². The van der Waals surface area contributed by atoms with Crippen molar-refractivity contribution in [3.63, 3.8) is 0 Å². The molecule has 0 fully saturated rings. The zero-order chi connectivity index (χ0) is 12.0. The molecule has 4 heteroatoms. The number of hydrogen-bond acceptors (Lipinski definition) is 3. The van der Waals surface area contributed by atoms with Crippen LogP contribution in [-0.2, 0) is 13.5 Å². The maximum Gasteiger partial charge on any atom is 0.138 e. The maximum absolute atomic E-state index is 4.23. The van der Waals surface area contributed by atoms with Crippen molar-refractivity contribution in [2.75, 3.05) is 6.54 Å². The number of nitrogens with one attached hydrogen (secondary N) is 1. The molecule has 1 aromatic rings. The molecule has 0 bridgehead atoms. The van der Waals surface area contributed by atoms with Gasteiger partial charge in [-0.1, -0.05) is 20.8 Å². The van der Waals surface area contributed by atoms with E-state index >= 15 is 0 Å². The van der Waals surface area contributed by atoms with Gasteiger partial charge in [0, 0.05) is 19.5 Å². The standard InChI is InChI=1S/C12H24N4/c1-5-13-11(10(2)3)7-6-8-12-14-9-15-16(12)4/h9-11,13H,5-8H2,1-4H3. The molecule has 0 aliphatic rings. The van der Waals surface area contributed by atoms with Crippen LogP contribution in [0.15, 0.2) is 6.33 Å². The minimum absolute atomic E-state index is 0.623. The van der Waals surface area contributed by atoms with Gasteiger partial charge in [0.05, 0.1) is 0 Å². The molecule has 0 aromatic carbocycles. The summed E-state index contributed by atoms with van der Waals surface area (Å²) in [4.78, 5) is 4.23. The summed E-state index contributed by atoms with van der Waals surface area (Å²) in [7, 11) is 1.95. The van der Waals surface area contributed by atoms with Gasteiger partial charge in [-0.15, -0.1) is 0 Å². The first-order valence-electron chi connectivity index (χ1n) is 6.21. The van der Waals surface area contributed by atoms with E-state index in [2.05, 4.69) is 36.2 Å². The fourth-order valence-electron chi connectivity index (χ4n) is 1.96. The van der Waals surface area contributed by atoms with Gasteiger partial charge in [-0.05, 0) is 25.3 Å². The van der Waals surface area contributed by atoms with Crippen molar-refractivity contribution in [2.24, 2.45) is 13.0 Å². The van der Waals surface area contributed by atoms with Gasteiger partial charge in [-0.2, -0.15) is 5.10 Å². The van der Waals surface area contributed by atoms with Crippen LogP contribution in [0.5, 0.6) is 0 Å². The van der Waals surface area contributed by atoms with Gasteiger partial charge in [-0.3, -0.25) is 4.68 Å². The van der Waals surface area contributed by atoms with Crippen LogP contribution in [0.25, 0.3) is 0 Å². The summed E-state index contributed by atoms with van der Waals surface area (Å²) in [5.74, 6) is 1.78. The van der Waals surface area contributed by atoms with Gasteiger partial charge in [0.25, 0.3) is 0 Å². The molecule has 0 saturated heterocycles. The molecule has 1 atom stereocenters. The summed E-state index contributed by atoms with van der Waals surface area (Å²) in [6.45, 7) is 7.76. The number of rotatable bonds is 7. The highest BCUT2D eigenvalue weighted by Gasteiger charge is 2.11. The van der Waals surface area contributed by atoms with Crippen LogP contribution in [0.3, 0.4) is 0 Å². The summed E-state index contributed by atoms with van der Waals surface area (Å²) < 4.78 is 1.86. The van der Waals surface area contributed by atoms with Gasteiger partial charge in [0.2, 0.25) is 0 Å². The molecule has 0 amide bonds. The first-order chi connectivity index (χ1) is 7.65. The van der Waals surface area contributed by atoms with E-state index in [1.165, 1.54) is 12.8 Å². The van der Waals surface area contributed by atoms with Crippen molar-refractivity contribution in [3.05, 3.63) is 12.2 Å². The molecule has 0 radical (unpaired) electrons. The van der Waals surface area contributed by atoms with E-state index in [1.54, 1.807) is 6.33 Å². The molecular weight excluding hydrogens is 200 g/mol. The Kier molecular flexibility index (Phi) is 5.46. The average molecular weight is 224 g/mol. The van der Waals surface area contributed by atoms with E-state index < -0.39 is 0 Å². The van der Waals surface area contributed by atoms with Crippen molar-refractivity contribution in [3.8, 4) is 0 Å². The van der Waals surface area contributed by atoms with E-state index in [4.69, 9.17) is 0 Å². The Morgan fingerprint density at radius 3 is 2.69 bits per heavy atom. The third-order valence-electron chi connectivity index (χ3n) is 2.99. The normalized spacial score (nSPS) is 13.3. The summed E-state index contributed by atoms with van der Waals surface area (Å²) in [6, 6.07) is 0.623. The fraction of sp³-hybridized carbons (Fsp3) is 0.833. The summed E-state index contributed by atoms with van der Waals surface area (Å²) in [6.07, 6.45) is 5.02. The first kappa shape index (κ1) is 13.2. The van der Waals surface area contributed by atoms with Crippen LogP contribution in [0.2, 0.25) is 0 Å². The number of hydrogen-bond donors (Lipinski definition) is 1. The largest absolute Gasteiger partial charge is 0.314 e. The second-order valence-corrected chi connectivity index (χ2v) is 4.60. The van der Waals surface area contributed by atoms with Gasteiger partial charge >= 0.3 is 0 Å². The lowest BCUT2D eigenvalue weighted by atomic mass is 9.98. The van der Waals surface area contributed by atoms with Crippen molar-refractivity contribution in [1.82, 2.24) is 20.1 Å². The van der Waals surface area contributed by atoms with Crippen LogP contribution in [-0.4, -0.2) is 27.4 Å². The molecule has 92 valence electrons. The van der Waals surface area contributed by atoms with Crippen molar-refractivity contribution < 1.29 is 0 Å². The van der Waals surface area contributed by atoms with Gasteiger partial charge in [0.1, 0.15) is 12.2 Å². The SMILES string of the molecule is CCNC(CCCc1ncnn1C)C(C)C. The third kappa shape index (κ3) is 3.93. The second-order valence-electron chi connectivity index (χ2n) is 4.60. The Hall–Kier alpha value is -0.900. The molecule has 0 aliphatic heterocycles. The quantitative estimate of drug-likeness (QED) is 0.767. The van der Waals surface area contributed by atoms with Gasteiger partial charge < -0.3 is 5.32 Å². The number of nitrogens with zero attached hydrogens (tertiary/aromatic N) is 3. The Morgan fingerprint density at radius 2 is 2.19 bits per heavy atom. The monoisotopic (exact) mass is 224 g/mol. The number of aromatic nitrogens is 3. The van der Waals surface area contributed by atoms with E-state index in [9.17, 15) is 0 Å². The first-order valence-corrected chi connectivity index (χ1v) is 6.21. The molecule has 0 saturated carbocycles. The highest BCUT2D eigenvalue weighted by Crippen LogP contribution is 2.10. The molecule has 1 aromatic heterocycles. The van der Waals surface area contributed by atoms with Crippen molar-refractivity contribution in [2.45, 2.75) is 46.1 Å².